The molecule has 21 atom stereocenters. The normalized spacial score (nSPS) is 53.2. The van der Waals surface area contributed by atoms with Gasteiger partial charge in [0.05, 0.1) is 48.3 Å². The summed E-state index contributed by atoms with van der Waals surface area (Å²) in [6, 6.07) is 0. The second-order valence-corrected chi connectivity index (χ2v) is 19.4. The first-order valence-electron chi connectivity index (χ1n) is 21.8. The molecule has 4 heterocycles. The number of rotatable bonds is 8. The van der Waals surface area contributed by atoms with E-state index in [2.05, 4.69) is 13.8 Å². The zero-order valence-corrected chi connectivity index (χ0v) is 34.8. The van der Waals surface area contributed by atoms with Crippen molar-refractivity contribution in [2.75, 3.05) is 6.61 Å². The number of hydrogen-bond donors (Lipinski definition) is 5. The fourth-order valence-electron chi connectivity index (χ4n) is 13.1. The summed E-state index contributed by atoms with van der Waals surface area (Å²) in [5, 5.41) is 55.4. The standard InChI is InChI=1S/C43H66O15/c1-20-38(49)30(45)16-36(52-20)57-40-22(3)54-37(18-32(40)47)58-39-21(2)53-35(17-31(39)46)56-26-9-11-41(5)25(14-26)7-8-28-29(41)15-33(55-23(4)44)42(6)27(10-12-43(28,42)50)24-13-34(48)51-19-24/h13,20-22,25-33,35-40,45-47,49-50H,7-12,14-19H2,1-6H3/t20-,21-,22-,25?,26+,27?,28?,29?,30+,31+,32+,33-,35+,36+,37+,38-,39?,40?,41+,42+,43+/m1/s1. The number of aliphatic hydroxyl groups is 5. The minimum absolute atomic E-state index is 0.0376. The van der Waals surface area contributed by atoms with E-state index >= 15 is 0 Å². The van der Waals surface area contributed by atoms with Gasteiger partial charge in [0.25, 0.3) is 0 Å². The van der Waals surface area contributed by atoms with E-state index in [1.54, 1.807) is 19.9 Å². The molecule has 0 aromatic rings. The summed E-state index contributed by atoms with van der Waals surface area (Å²) in [6.45, 7) is 11.3. The van der Waals surface area contributed by atoms with E-state index in [1.807, 2.05) is 6.92 Å². The van der Waals surface area contributed by atoms with Crippen LogP contribution in [0.3, 0.4) is 0 Å². The molecule has 58 heavy (non-hydrogen) atoms. The lowest BCUT2D eigenvalue weighted by atomic mass is 9.42. The third-order valence-electron chi connectivity index (χ3n) is 16.2. The molecule has 5 N–H and O–H groups in total. The van der Waals surface area contributed by atoms with Gasteiger partial charge in [0.2, 0.25) is 0 Å². The van der Waals surface area contributed by atoms with E-state index in [0.717, 1.165) is 37.7 Å². The van der Waals surface area contributed by atoms with Gasteiger partial charge in [-0.3, -0.25) is 4.79 Å². The van der Waals surface area contributed by atoms with Crippen molar-refractivity contribution in [2.45, 2.75) is 204 Å². The number of ether oxygens (including phenoxy) is 8. The van der Waals surface area contributed by atoms with Crippen molar-refractivity contribution in [2.24, 2.45) is 34.5 Å². The highest BCUT2D eigenvalue weighted by molar-refractivity contribution is 5.85. The highest BCUT2D eigenvalue weighted by atomic mass is 16.7. The van der Waals surface area contributed by atoms with Gasteiger partial charge in [0.1, 0.15) is 31.0 Å². The molecule has 8 rings (SSSR count). The fraction of sp³-hybridized carbons (Fsp3) is 0.907. The molecule has 4 saturated carbocycles. The van der Waals surface area contributed by atoms with E-state index in [4.69, 9.17) is 37.9 Å². The van der Waals surface area contributed by atoms with Gasteiger partial charge in [-0.2, -0.15) is 0 Å². The van der Waals surface area contributed by atoms with E-state index in [9.17, 15) is 35.1 Å². The Morgan fingerprint density at radius 2 is 1.34 bits per heavy atom. The average molecular weight is 823 g/mol. The molecule has 3 saturated heterocycles. The van der Waals surface area contributed by atoms with Gasteiger partial charge in [-0.25, -0.2) is 4.79 Å². The SMILES string of the molecule is CC(=O)O[C@@H]1CC2C(CCC3C[C@@H](O[C@H]4C[C@H](O)C(O[C@H]5C[C@H](O)C(O[C@H]6C[C@H](O)[C@H](O)[C@@H](C)O6)[C@@H](C)O5)[C@@H](C)O4)CC[C@@]32C)[C@@]2(O)CCC(C3=CC(=O)OC3)[C@@]12C. The summed E-state index contributed by atoms with van der Waals surface area (Å²) >= 11 is 0. The van der Waals surface area contributed by atoms with Crippen LogP contribution in [0.2, 0.25) is 0 Å². The molecule has 6 unspecified atom stereocenters. The summed E-state index contributed by atoms with van der Waals surface area (Å²) < 4.78 is 48.4. The number of esters is 2. The Balaban J connectivity index is 0.862. The molecular weight excluding hydrogens is 756 g/mol. The van der Waals surface area contributed by atoms with Gasteiger partial charge in [-0.1, -0.05) is 13.8 Å². The van der Waals surface area contributed by atoms with Crippen LogP contribution in [0, 0.1) is 34.5 Å². The van der Waals surface area contributed by atoms with Crippen LogP contribution in [0.25, 0.3) is 0 Å². The molecular formula is C43H66O15. The van der Waals surface area contributed by atoms with Gasteiger partial charge in [-0.15, -0.1) is 0 Å². The van der Waals surface area contributed by atoms with Gasteiger partial charge in [-0.05, 0) is 107 Å². The zero-order chi connectivity index (χ0) is 41.5. The predicted octanol–water partition coefficient (Wildman–Crippen LogP) is 2.79. The van der Waals surface area contributed by atoms with Crippen molar-refractivity contribution in [3.05, 3.63) is 11.6 Å². The van der Waals surface area contributed by atoms with Crippen LogP contribution >= 0.6 is 0 Å². The monoisotopic (exact) mass is 822 g/mol. The van der Waals surface area contributed by atoms with Crippen LogP contribution in [0.1, 0.15) is 112 Å². The Labute approximate surface area is 341 Å². The molecule has 4 aliphatic carbocycles. The van der Waals surface area contributed by atoms with Crippen LogP contribution in [-0.4, -0.2) is 136 Å². The topological polar surface area (TPSA) is 209 Å². The summed E-state index contributed by atoms with van der Waals surface area (Å²) in [6.07, 6.45) is -1.68. The van der Waals surface area contributed by atoms with E-state index in [1.165, 1.54) is 6.92 Å². The van der Waals surface area contributed by atoms with Crippen LogP contribution < -0.4 is 0 Å². The average Bonchev–Trinajstić information content (AvgIpc) is 3.70. The molecule has 7 fully saturated rings. The van der Waals surface area contributed by atoms with Crippen LogP contribution in [0.15, 0.2) is 11.6 Å². The van der Waals surface area contributed by atoms with Crippen LogP contribution in [-0.2, 0) is 47.5 Å². The van der Waals surface area contributed by atoms with Crippen LogP contribution in [0.5, 0.6) is 0 Å². The second-order valence-electron chi connectivity index (χ2n) is 19.4. The molecule has 8 aliphatic rings. The highest BCUT2D eigenvalue weighted by Crippen LogP contribution is 2.70. The predicted molar refractivity (Wildman–Crippen MR) is 202 cm³/mol. The maximum atomic E-state index is 12.8. The minimum atomic E-state index is -1.05. The number of carbonyl (C=O) groups excluding carboxylic acids is 2. The smallest absolute Gasteiger partial charge is 0.331 e. The number of aliphatic hydroxyl groups excluding tert-OH is 4. The maximum absolute atomic E-state index is 12.8. The van der Waals surface area contributed by atoms with Crippen molar-refractivity contribution in [3.63, 3.8) is 0 Å². The number of hydrogen-bond acceptors (Lipinski definition) is 15. The molecule has 0 bridgehead atoms. The summed E-state index contributed by atoms with van der Waals surface area (Å²) in [7, 11) is 0. The molecule has 0 spiro atoms. The molecule has 15 heteroatoms. The molecule has 0 aromatic carbocycles. The lowest BCUT2D eigenvalue weighted by molar-refractivity contribution is -0.336. The Morgan fingerprint density at radius 1 is 0.741 bits per heavy atom. The highest BCUT2D eigenvalue weighted by Gasteiger charge is 2.72. The van der Waals surface area contributed by atoms with E-state index < -0.39 is 90.9 Å². The first kappa shape index (κ1) is 42.9. The quantitative estimate of drug-likeness (QED) is 0.176. The Hall–Kier alpha value is -1.76. The van der Waals surface area contributed by atoms with Crippen LogP contribution in [0.4, 0.5) is 0 Å². The minimum Gasteiger partial charge on any atom is -0.462 e. The van der Waals surface area contributed by atoms with Crippen molar-refractivity contribution in [1.29, 1.82) is 0 Å². The molecule has 0 aromatic heterocycles. The lowest BCUT2D eigenvalue weighted by Gasteiger charge is -2.65. The molecule has 0 amide bonds. The largest absolute Gasteiger partial charge is 0.462 e. The maximum Gasteiger partial charge on any atom is 0.331 e. The van der Waals surface area contributed by atoms with E-state index in [0.29, 0.717) is 25.2 Å². The number of cyclic esters (lactones) is 1. The summed E-state index contributed by atoms with van der Waals surface area (Å²) in [5.74, 6) is -0.318. The van der Waals surface area contributed by atoms with Crippen molar-refractivity contribution < 1.29 is 73.0 Å². The van der Waals surface area contributed by atoms with Crippen molar-refractivity contribution >= 4 is 11.9 Å². The second kappa shape index (κ2) is 16.2. The fourth-order valence-corrected chi connectivity index (χ4v) is 13.1. The molecule has 4 aliphatic heterocycles. The lowest BCUT2D eigenvalue weighted by Crippen LogP contribution is -2.67. The zero-order valence-electron chi connectivity index (χ0n) is 34.8. The van der Waals surface area contributed by atoms with Crippen molar-refractivity contribution in [1.82, 2.24) is 0 Å². The van der Waals surface area contributed by atoms with Gasteiger partial charge in [0.15, 0.2) is 18.9 Å². The Kier molecular flexibility index (Phi) is 12.0. The Morgan fingerprint density at radius 3 is 1.91 bits per heavy atom. The first-order chi connectivity index (χ1) is 27.4. The Bertz CT molecular complexity index is 1520. The molecule has 328 valence electrons. The summed E-state index contributed by atoms with van der Waals surface area (Å²) in [5.41, 5.74) is -1.00. The summed E-state index contributed by atoms with van der Waals surface area (Å²) in [4.78, 5) is 24.7. The molecule has 15 nitrogen and oxygen atoms in total. The van der Waals surface area contributed by atoms with Gasteiger partial charge in [0, 0.05) is 37.7 Å². The van der Waals surface area contributed by atoms with Gasteiger partial charge >= 0.3 is 11.9 Å². The van der Waals surface area contributed by atoms with Gasteiger partial charge < -0.3 is 63.4 Å². The van der Waals surface area contributed by atoms with Crippen molar-refractivity contribution in [3.8, 4) is 0 Å². The number of carbonyl (C=O) groups is 2. The first-order valence-corrected chi connectivity index (χ1v) is 21.8. The third-order valence-corrected chi connectivity index (χ3v) is 16.2. The molecule has 0 radical (unpaired) electrons. The number of fused-ring (bicyclic) bond motifs is 5. The van der Waals surface area contributed by atoms with E-state index in [-0.39, 0.29) is 67.1 Å². The third kappa shape index (κ3) is 7.49.